The van der Waals surface area contributed by atoms with Crippen molar-refractivity contribution in [3.63, 3.8) is 0 Å². The van der Waals surface area contributed by atoms with Gasteiger partial charge < -0.3 is 15.1 Å². The molecule has 2 aliphatic rings. The van der Waals surface area contributed by atoms with Crippen molar-refractivity contribution in [1.82, 2.24) is 15.1 Å². The van der Waals surface area contributed by atoms with Crippen LogP contribution in [0.15, 0.2) is 29.3 Å². The average Bonchev–Trinajstić information content (AvgIpc) is 3.30. The molecule has 1 saturated heterocycles. The third-order valence-electron chi connectivity index (χ3n) is 4.89. The van der Waals surface area contributed by atoms with Gasteiger partial charge in [0, 0.05) is 39.3 Å². The highest BCUT2D eigenvalue weighted by Crippen LogP contribution is 2.31. The van der Waals surface area contributed by atoms with Gasteiger partial charge in [-0.1, -0.05) is 12.1 Å². The number of rotatable bonds is 6. The van der Waals surface area contributed by atoms with Crippen LogP contribution in [0.2, 0.25) is 0 Å². The lowest BCUT2D eigenvalue weighted by atomic mass is 10.1. The van der Waals surface area contributed by atoms with Gasteiger partial charge in [0.1, 0.15) is 5.82 Å². The number of aliphatic imine (C=N–C) groups is 1. The van der Waals surface area contributed by atoms with E-state index >= 15 is 0 Å². The molecule has 3 rings (SSSR count). The van der Waals surface area contributed by atoms with Gasteiger partial charge in [-0.3, -0.25) is 4.99 Å². The van der Waals surface area contributed by atoms with Crippen LogP contribution >= 0.6 is 24.0 Å². The smallest absolute Gasteiger partial charge is 0.193 e. The summed E-state index contributed by atoms with van der Waals surface area (Å²) in [5, 5.41) is 3.36. The third-order valence-corrected chi connectivity index (χ3v) is 4.89. The molecule has 4 nitrogen and oxygen atoms in total. The van der Waals surface area contributed by atoms with Crippen molar-refractivity contribution < 1.29 is 4.39 Å². The maximum Gasteiger partial charge on any atom is 0.193 e. The predicted octanol–water partition coefficient (Wildman–Crippen LogP) is 3.33. The van der Waals surface area contributed by atoms with Crippen LogP contribution in [0.25, 0.3) is 0 Å². The van der Waals surface area contributed by atoms with Crippen LogP contribution in [-0.2, 0) is 6.54 Å². The lowest BCUT2D eigenvalue weighted by Gasteiger charge is -2.23. The van der Waals surface area contributed by atoms with E-state index in [9.17, 15) is 4.39 Å². The average molecular weight is 460 g/mol. The van der Waals surface area contributed by atoms with E-state index in [1.807, 2.05) is 13.1 Å². The standard InChI is InChI=1S/C19H29FN4.HI/c1-3-21-19(23(2)13-15-5-4-6-17(20)11-15)22-12-16-9-10-24(14-16)18-7-8-18;/h4-6,11,16,18H,3,7-10,12-14H2,1-2H3,(H,21,22);1H. The van der Waals surface area contributed by atoms with Crippen molar-refractivity contribution in [2.75, 3.05) is 33.2 Å². The van der Waals surface area contributed by atoms with Crippen LogP contribution in [0.4, 0.5) is 4.39 Å². The number of likely N-dealkylation sites (tertiary alicyclic amines) is 1. The van der Waals surface area contributed by atoms with Crippen LogP contribution in [0, 0.1) is 11.7 Å². The van der Waals surface area contributed by atoms with Crippen molar-refractivity contribution in [2.45, 2.75) is 38.8 Å². The molecule has 0 amide bonds. The van der Waals surface area contributed by atoms with Crippen molar-refractivity contribution in [3.05, 3.63) is 35.6 Å². The molecule has 1 N–H and O–H groups in total. The fraction of sp³-hybridized carbons (Fsp3) is 0.632. The molecule has 0 spiro atoms. The van der Waals surface area contributed by atoms with Gasteiger partial charge in [-0.25, -0.2) is 4.39 Å². The van der Waals surface area contributed by atoms with Gasteiger partial charge in [0.15, 0.2) is 5.96 Å². The van der Waals surface area contributed by atoms with Crippen LogP contribution < -0.4 is 5.32 Å². The number of guanidine groups is 1. The Balaban J connectivity index is 0.00000225. The summed E-state index contributed by atoms with van der Waals surface area (Å²) in [4.78, 5) is 9.54. The Labute approximate surface area is 167 Å². The van der Waals surface area contributed by atoms with Crippen LogP contribution in [0.5, 0.6) is 0 Å². The van der Waals surface area contributed by atoms with E-state index in [4.69, 9.17) is 4.99 Å². The monoisotopic (exact) mass is 460 g/mol. The van der Waals surface area contributed by atoms with E-state index in [-0.39, 0.29) is 29.8 Å². The molecule has 1 aliphatic carbocycles. The number of hydrogen-bond acceptors (Lipinski definition) is 2. The highest BCUT2D eigenvalue weighted by Gasteiger charge is 2.34. The second kappa shape index (κ2) is 9.71. The molecular weight excluding hydrogens is 430 g/mol. The quantitative estimate of drug-likeness (QED) is 0.402. The lowest BCUT2D eigenvalue weighted by molar-refractivity contribution is 0.315. The largest absolute Gasteiger partial charge is 0.357 e. The summed E-state index contributed by atoms with van der Waals surface area (Å²) in [7, 11) is 2.01. The molecule has 6 heteroatoms. The SMILES string of the molecule is CCNC(=NCC1CCN(C2CC2)C1)N(C)Cc1cccc(F)c1.I. The summed E-state index contributed by atoms with van der Waals surface area (Å²) in [5.74, 6) is 1.39. The van der Waals surface area contributed by atoms with Gasteiger partial charge in [0.05, 0.1) is 0 Å². The van der Waals surface area contributed by atoms with Crippen LogP contribution in [0.3, 0.4) is 0 Å². The first-order chi connectivity index (χ1) is 11.7. The Morgan fingerprint density at radius 1 is 1.36 bits per heavy atom. The van der Waals surface area contributed by atoms with Gasteiger partial charge in [0.25, 0.3) is 0 Å². The molecule has 1 unspecified atom stereocenters. The fourth-order valence-electron chi connectivity index (χ4n) is 3.45. The van der Waals surface area contributed by atoms with Gasteiger partial charge in [-0.2, -0.15) is 0 Å². The van der Waals surface area contributed by atoms with Gasteiger partial charge in [0.2, 0.25) is 0 Å². The fourth-order valence-corrected chi connectivity index (χ4v) is 3.45. The predicted molar refractivity (Wildman–Crippen MR) is 112 cm³/mol. The molecule has 1 aliphatic heterocycles. The maximum absolute atomic E-state index is 13.4. The Morgan fingerprint density at radius 2 is 2.16 bits per heavy atom. The zero-order valence-corrected chi connectivity index (χ0v) is 17.6. The molecule has 0 radical (unpaired) electrons. The number of hydrogen-bond donors (Lipinski definition) is 1. The number of nitrogens with zero attached hydrogens (tertiary/aromatic N) is 3. The minimum absolute atomic E-state index is 0. The summed E-state index contributed by atoms with van der Waals surface area (Å²) in [6.45, 7) is 6.88. The molecule has 0 bridgehead atoms. The van der Waals surface area contributed by atoms with Crippen molar-refractivity contribution in [3.8, 4) is 0 Å². The summed E-state index contributed by atoms with van der Waals surface area (Å²) in [6, 6.07) is 7.64. The third kappa shape index (κ3) is 6.09. The summed E-state index contributed by atoms with van der Waals surface area (Å²) >= 11 is 0. The Morgan fingerprint density at radius 3 is 2.84 bits per heavy atom. The number of nitrogens with one attached hydrogen (secondary N) is 1. The van der Waals surface area contributed by atoms with E-state index in [1.165, 1.54) is 38.4 Å². The molecule has 1 saturated carbocycles. The maximum atomic E-state index is 13.4. The molecule has 1 aromatic carbocycles. The van der Waals surface area contributed by atoms with E-state index in [0.29, 0.717) is 12.5 Å². The minimum Gasteiger partial charge on any atom is -0.357 e. The Kier molecular flexibility index (Phi) is 7.93. The van der Waals surface area contributed by atoms with Gasteiger partial charge >= 0.3 is 0 Å². The summed E-state index contributed by atoms with van der Waals surface area (Å²) in [5.41, 5.74) is 0.962. The first kappa shape index (κ1) is 20.4. The van der Waals surface area contributed by atoms with Crippen LogP contribution in [0.1, 0.15) is 31.7 Å². The second-order valence-corrected chi connectivity index (χ2v) is 7.06. The minimum atomic E-state index is -0.186. The summed E-state index contributed by atoms with van der Waals surface area (Å²) < 4.78 is 13.4. The number of benzene rings is 1. The zero-order valence-electron chi connectivity index (χ0n) is 15.2. The molecule has 1 aromatic rings. The normalized spacial score (nSPS) is 21.1. The zero-order chi connectivity index (χ0) is 16.9. The molecule has 140 valence electrons. The van der Waals surface area contributed by atoms with E-state index in [0.717, 1.165) is 30.7 Å². The molecule has 0 aromatic heterocycles. The molecule has 2 fully saturated rings. The first-order valence-electron chi connectivity index (χ1n) is 9.13. The molecule has 1 atom stereocenters. The highest BCUT2D eigenvalue weighted by atomic mass is 127. The van der Waals surface area contributed by atoms with Crippen molar-refractivity contribution in [2.24, 2.45) is 10.9 Å². The molecule has 25 heavy (non-hydrogen) atoms. The van der Waals surface area contributed by atoms with E-state index in [1.54, 1.807) is 12.1 Å². The number of halogens is 2. The highest BCUT2D eigenvalue weighted by molar-refractivity contribution is 14.0. The molecule has 1 heterocycles. The van der Waals surface area contributed by atoms with Gasteiger partial charge in [-0.05, 0) is 56.3 Å². The van der Waals surface area contributed by atoms with Crippen LogP contribution in [-0.4, -0.2) is 55.0 Å². The van der Waals surface area contributed by atoms with E-state index < -0.39 is 0 Å². The Bertz CT molecular complexity index is 576. The first-order valence-corrected chi connectivity index (χ1v) is 9.13. The second-order valence-electron chi connectivity index (χ2n) is 7.06. The molecular formula is C19H30FIN4. The topological polar surface area (TPSA) is 30.9 Å². The van der Waals surface area contributed by atoms with Gasteiger partial charge in [-0.15, -0.1) is 24.0 Å². The van der Waals surface area contributed by atoms with E-state index in [2.05, 4.69) is 22.0 Å². The lowest BCUT2D eigenvalue weighted by Crippen LogP contribution is -2.39. The Hall–Kier alpha value is -0.890. The van der Waals surface area contributed by atoms with Crippen molar-refractivity contribution in [1.29, 1.82) is 0 Å². The summed E-state index contributed by atoms with van der Waals surface area (Å²) in [6.07, 6.45) is 4.02. The van der Waals surface area contributed by atoms with Crippen molar-refractivity contribution >= 4 is 29.9 Å².